The zero-order valence-corrected chi connectivity index (χ0v) is 30.8. The third-order valence-electron chi connectivity index (χ3n) is 10.8. The molecule has 0 saturated heterocycles. The van der Waals surface area contributed by atoms with Gasteiger partial charge in [-0.05, 0) is 81.2 Å². The second-order valence-corrected chi connectivity index (χ2v) is 14.1. The van der Waals surface area contributed by atoms with Gasteiger partial charge in [0, 0.05) is 39.6 Å². The van der Waals surface area contributed by atoms with E-state index in [1.807, 2.05) is 0 Å². The molecule has 10 rings (SSSR count). The van der Waals surface area contributed by atoms with Crippen LogP contribution in [0.5, 0.6) is 0 Å². The number of pyridine rings is 1. The minimum Gasteiger partial charge on any atom is -0.315 e. The first kappa shape index (κ1) is 33.2. The van der Waals surface area contributed by atoms with Gasteiger partial charge >= 0.3 is 0 Å². The lowest BCUT2D eigenvalue weighted by atomic mass is 9.91. The molecule has 0 aliphatic rings. The van der Waals surface area contributed by atoms with Crippen molar-refractivity contribution >= 4 is 33.4 Å². The zero-order chi connectivity index (χ0) is 37.3. The highest BCUT2D eigenvalue weighted by Crippen LogP contribution is 2.48. The fourth-order valence-corrected chi connectivity index (χ4v) is 8.24. The summed E-state index contributed by atoms with van der Waals surface area (Å²) < 4.78 is 2.38. The van der Waals surface area contributed by atoms with Crippen LogP contribution in [0.25, 0.3) is 72.1 Å². The minimum atomic E-state index is 1.10. The maximum absolute atomic E-state index is 2.40. The SMILES string of the molecule is c1ccc(-c2ccc(N(c3ccc(-c4ccccc4)cc3)c3ccc(-c4c(-c5ccccc5)c(-c5ccccc5)c5ccccn45)c4ccccc34)cc2)cc1. The molecule has 2 aromatic heterocycles. The molecule has 0 bridgehead atoms. The molecule has 0 atom stereocenters. The summed E-state index contributed by atoms with van der Waals surface area (Å²) in [7, 11) is 0. The van der Waals surface area contributed by atoms with Gasteiger partial charge in [-0.3, -0.25) is 0 Å². The molecular weight excluding hydrogens is 677 g/mol. The van der Waals surface area contributed by atoms with E-state index in [1.54, 1.807) is 0 Å². The molecule has 56 heavy (non-hydrogen) atoms. The highest BCUT2D eigenvalue weighted by Gasteiger charge is 2.25. The average molecular weight is 715 g/mol. The first-order valence-electron chi connectivity index (χ1n) is 19.2. The normalized spacial score (nSPS) is 11.2. The number of hydrogen-bond acceptors (Lipinski definition) is 1. The van der Waals surface area contributed by atoms with Crippen LogP contribution in [0.2, 0.25) is 0 Å². The largest absolute Gasteiger partial charge is 0.315 e. The summed E-state index contributed by atoms with van der Waals surface area (Å²) in [6, 6.07) is 80.8. The number of nitrogens with zero attached hydrogens (tertiary/aromatic N) is 2. The van der Waals surface area contributed by atoms with Crippen LogP contribution in [0.4, 0.5) is 17.1 Å². The molecule has 2 nitrogen and oxygen atoms in total. The highest BCUT2D eigenvalue weighted by molar-refractivity contribution is 6.11. The van der Waals surface area contributed by atoms with E-state index in [4.69, 9.17) is 0 Å². The van der Waals surface area contributed by atoms with E-state index in [0.717, 1.165) is 17.1 Å². The Bertz CT molecular complexity index is 2830. The summed E-state index contributed by atoms with van der Waals surface area (Å²) in [5.41, 5.74) is 16.5. The molecule has 0 unspecified atom stereocenters. The Kier molecular flexibility index (Phi) is 8.55. The lowest BCUT2D eigenvalue weighted by molar-refractivity contribution is 1.21. The first-order valence-corrected chi connectivity index (χ1v) is 19.2. The van der Waals surface area contributed by atoms with Crippen LogP contribution in [0.1, 0.15) is 0 Å². The molecule has 2 heterocycles. The van der Waals surface area contributed by atoms with E-state index in [9.17, 15) is 0 Å². The van der Waals surface area contributed by atoms with Crippen LogP contribution in [0.3, 0.4) is 0 Å². The van der Waals surface area contributed by atoms with Gasteiger partial charge < -0.3 is 9.30 Å². The number of rotatable bonds is 8. The van der Waals surface area contributed by atoms with Crippen molar-refractivity contribution in [2.45, 2.75) is 0 Å². The van der Waals surface area contributed by atoms with Crippen molar-refractivity contribution < 1.29 is 0 Å². The molecule has 0 N–H and O–H groups in total. The standard InChI is InChI=1S/C54H38N2/c1-5-17-39(18-6-1)41-28-32-45(33-29-41)56(46-34-30-42(31-35-46)40-19-7-2-8-20-40)50-37-36-49(47-25-13-14-26-48(47)50)54-53(44-23-11-4-12-24-44)52(43-21-9-3-10-22-43)51-27-15-16-38-55(51)54/h1-38H. The molecule has 0 fully saturated rings. The lowest BCUT2D eigenvalue weighted by Crippen LogP contribution is -2.10. The average Bonchev–Trinajstić information content (AvgIpc) is 3.63. The van der Waals surface area contributed by atoms with E-state index in [0.29, 0.717) is 0 Å². The first-order chi connectivity index (χ1) is 27.8. The number of fused-ring (bicyclic) bond motifs is 2. The van der Waals surface area contributed by atoms with Crippen molar-refractivity contribution in [1.29, 1.82) is 0 Å². The third kappa shape index (κ3) is 5.95. The fraction of sp³-hybridized carbons (Fsp3) is 0. The molecule has 8 aromatic carbocycles. The van der Waals surface area contributed by atoms with E-state index >= 15 is 0 Å². The number of anilines is 3. The van der Waals surface area contributed by atoms with Crippen LogP contribution < -0.4 is 4.90 Å². The Balaban J connectivity index is 1.20. The van der Waals surface area contributed by atoms with Crippen LogP contribution in [0, 0.1) is 0 Å². The summed E-state index contributed by atoms with van der Waals surface area (Å²) >= 11 is 0. The second-order valence-electron chi connectivity index (χ2n) is 14.1. The minimum absolute atomic E-state index is 1.10. The number of aromatic nitrogens is 1. The number of hydrogen-bond donors (Lipinski definition) is 0. The van der Waals surface area contributed by atoms with Gasteiger partial charge in [0.1, 0.15) is 0 Å². The van der Waals surface area contributed by atoms with E-state index in [1.165, 1.54) is 72.1 Å². The summed E-state index contributed by atoms with van der Waals surface area (Å²) in [4.78, 5) is 2.40. The molecule has 0 aliphatic carbocycles. The predicted octanol–water partition coefficient (Wildman–Crippen LogP) is 14.9. The Morgan fingerprint density at radius 1 is 0.304 bits per heavy atom. The van der Waals surface area contributed by atoms with Crippen molar-refractivity contribution in [2.24, 2.45) is 0 Å². The van der Waals surface area contributed by atoms with Crippen LogP contribution in [-0.4, -0.2) is 4.40 Å². The smallest absolute Gasteiger partial charge is 0.0619 e. The summed E-state index contributed by atoms with van der Waals surface area (Å²) in [5.74, 6) is 0. The van der Waals surface area contributed by atoms with Gasteiger partial charge in [0.05, 0.1) is 16.9 Å². The van der Waals surface area contributed by atoms with Crippen LogP contribution in [-0.2, 0) is 0 Å². The van der Waals surface area contributed by atoms with Crippen molar-refractivity contribution in [2.75, 3.05) is 4.90 Å². The van der Waals surface area contributed by atoms with Crippen molar-refractivity contribution in [1.82, 2.24) is 4.40 Å². The van der Waals surface area contributed by atoms with E-state index < -0.39 is 0 Å². The Hall–Kier alpha value is -7.42. The van der Waals surface area contributed by atoms with E-state index in [-0.39, 0.29) is 0 Å². The zero-order valence-electron chi connectivity index (χ0n) is 30.8. The van der Waals surface area contributed by atoms with Gasteiger partial charge in [0.15, 0.2) is 0 Å². The number of benzene rings is 8. The summed E-state index contributed by atoms with van der Waals surface area (Å²) in [5, 5.41) is 2.37. The van der Waals surface area contributed by atoms with E-state index in [2.05, 4.69) is 240 Å². The molecule has 10 aromatic rings. The Morgan fingerprint density at radius 2 is 0.732 bits per heavy atom. The predicted molar refractivity (Wildman–Crippen MR) is 237 cm³/mol. The van der Waals surface area contributed by atoms with Gasteiger partial charge in [-0.2, -0.15) is 0 Å². The molecule has 0 spiro atoms. The Morgan fingerprint density at radius 3 is 1.27 bits per heavy atom. The van der Waals surface area contributed by atoms with Gasteiger partial charge in [0.2, 0.25) is 0 Å². The highest BCUT2D eigenvalue weighted by atomic mass is 15.1. The van der Waals surface area contributed by atoms with Crippen LogP contribution in [0.15, 0.2) is 231 Å². The summed E-state index contributed by atoms with van der Waals surface area (Å²) in [6.45, 7) is 0. The molecule has 0 aliphatic heterocycles. The third-order valence-corrected chi connectivity index (χ3v) is 10.8. The van der Waals surface area contributed by atoms with Gasteiger partial charge in [-0.15, -0.1) is 0 Å². The molecule has 264 valence electrons. The Labute approximate surface area is 327 Å². The molecule has 2 heteroatoms. The van der Waals surface area contributed by atoms with Crippen molar-refractivity contribution in [3.05, 3.63) is 231 Å². The quantitative estimate of drug-likeness (QED) is 0.152. The van der Waals surface area contributed by atoms with Gasteiger partial charge in [0.25, 0.3) is 0 Å². The van der Waals surface area contributed by atoms with Gasteiger partial charge in [-0.1, -0.05) is 182 Å². The molecule has 0 saturated carbocycles. The van der Waals surface area contributed by atoms with Crippen molar-refractivity contribution in [3.63, 3.8) is 0 Å². The summed E-state index contributed by atoms with van der Waals surface area (Å²) in [6.07, 6.45) is 2.21. The molecule has 0 amide bonds. The van der Waals surface area contributed by atoms with Crippen LogP contribution >= 0.6 is 0 Å². The molecule has 0 radical (unpaired) electrons. The monoisotopic (exact) mass is 714 g/mol. The van der Waals surface area contributed by atoms with Gasteiger partial charge in [-0.25, -0.2) is 0 Å². The maximum Gasteiger partial charge on any atom is 0.0619 e. The lowest BCUT2D eigenvalue weighted by Gasteiger charge is -2.28. The second kappa shape index (κ2) is 14.4. The van der Waals surface area contributed by atoms with Crippen molar-refractivity contribution in [3.8, 4) is 55.8 Å². The topological polar surface area (TPSA) is 7.65 Å². The molecular formula is C54H38N2. The maximum atomic E-state index is 2.40. The fourth-order valence-electron chi connectivity index (χ4n) is 8.24.